The van der Waals surface area contributed by atoms with Crippen LogP contribution in [-0.2, 0) is 0 Å². The first-order valence-corrected chi connectivity index (χ1v) is 10.4. The van der Waals surface area contributed by atoms with Crippen LogP contribution in [0.5, 0.6) is 0 Å². The molecule has 0 bridgehead atoms. The van der Waals surface area contributed by atoms with E-state index >= 15 is 0 Å². The number of halogens is 1. The highest BCUT2D eigenvalue weighted by molar-refractivity contribution is 9.10. The summed E-state index contributed by atoms with van der Waals surface area (Å²) in [6.45, 7) is 2.00. The van der Waals surface area contributed by atoms with Gasteiger partial charge < -0.3 is 4.42 Å². The lowest BCUT2D eigenvalue weighted by Gasteiger charge is -2.29. The molecule has 0 aliphatic carbocycles. The van der Waals surface area contributed by atoms with E-state index < -0.39 is 0 Å². The lowest BCUT2D eigenvalue weighted by atomic mass is 10.1. The fraction of sp³-hybridized carbons (Fsp3) is 0.105. The van der Waals surface area contributed by atoms with Crippen molar-refractivity contribution in [1.29, 1.82) is 0 Å². The molecule has 0 spiro atoms. The number of pyridine rings is 1. The summed E-state index contributed by atoms with van der Waals surface area (Å²) in [6.07, 6.45) is 3.79. The Labute approximate surface area is 178 Å². The topological polar surface area (TPSA) is 92.3 Å². The van der Waals surface area contributed by atoms with Gasteiger partial charge in [0.15, 0.2) is 5.58 Å². The summed E-state index contributed by atoms with van der Waals surface area (Å²) in [5, 5.41) is 12.1. The highest BCUT2D eigenvalue weighted by Crippen LogP contribution is 2.33. The van der Waals surface area contributed by atoms with E-state index in [-0.39, 0.29) is 6.04 Å². The van der Waals surface area contributed by atoms with Gasteiger partial charge in [0.1, 0.15) is 21.7 Å². The maximum Gasteiger partial charge on any atom is 0.302 e. The molecule has 8 nitrogen and oxygen atoms in total. The van der Waals surface area contributed by atoms with E-state index in [1.807, 2.05) is 48.2 Å². The smallest absolute Gasteiger partial charge is 0.302 e. The molecule has 1 unspecified atom stereocenters. The van der Waals surface area contributed by atoms with Crippen molar-refractivity contribution in [2.75, 3.05) is 10.2 Å². The van der Waals surface area contributed by atoms with Crippen LogP contribution in [0.1, 0.15) is 18.5 Å². The Morgan fingerprint density at radius 2 is 2.10 bits per heavy atom. The Balaban J connectivity index is 1.57. The van der Waals surface area contributed by atoms with Crippen LogP contribution >= 0.6 is 27.3 Å². The summed E-state index contributed by atoms with van der Waals surface area (Å²) in [6, 6.07) is 11.6. The van der Waals surface area contributed by atoms with Gasteiger partial charge >= 0.3 is 6.01 Å². The molecule has 5 rings (SSSR count). The van der Waals surface area contributed by atoms with Crippen molar-refractivity contribution >= 4 is 55.5 Å². The van der Waals surface area contributed by atoms with Crippen LogP contribution in [0.4, 0.5) is 11.1 Å². The summed E-state index contributed by atoms with van der Waals surface area (Å²) >= 11 is 4.94. The minimum atomic E-state index is -0.228. The lowest BCUT2D eigenvalue weighted by molar-refractivity contribution is 0.623. The summed E-state index contributed by atoms with van der Waals surface area (Å²) in [5.41, 5.74) is 5.07. The molecule has 1 aromatic carbocycles. The van der Waals surface area contributed by atoms with Crippen molar-refractivity contribution in [3.05, 3.63) is 70.0 Å². The Morgan fingerprint density at radius 1 is 1.21 bits per heavy atom. The number of para-hydroxylation sites is 2. The van der Waals surface area contributed by atoms with Gasteiger partial charge in [0, 0.05) is 17.5 Å². The molecule has 29 heavy (non-hydrogen) atoms. The molecular formula is C19H14BrN7OS. The first-order valence-electron chi connectivity index (χ1n) is 8.74. The van der Waals surface area contributed by atoms with Crippen LogP contribution in [0.25, 0.3) is 11.1 Å². The fourth-order valence-corrected chi connectivity index (χ4v) is 4.19. The SMILES string of the molecule is CC1=CC(c2cccnc2Br)N=C(Nc2nc3ccccc3o2)N1c1nncs1. The molecule has 0 saturated carbocycles. The Hall–Kier alpha value is -3.11. The molecule has 1 N–H and O–H groups in total. The van der Waals surface area contributed by atoms with Crippen molar-refractivity contribution in [3.63, 3.8) is 0 Å². The largest absolute Gasteiger partial charge is 0.423 e. The third-order valence-electron chi connectivity index (χ3n) is 4.38. The molecule has 0 fully saturated rings. The molecule has 0 radical (unpaired) electrons. The maximum absolute atomic E-state index is 5.83. The quantitative estimate of drug-likeness (QED) is 0.433. The minimum Gasteiger partial charge on any atom is -0.423 e. The minimum absolute atomic E-state index is 0.228. The standard InChI is InChI=1S/C19H14BrN7OS/c1-11-9-14(12-5-4-8-21-16(12)20)23-17(27(11)19-26-22-10-29-19)25-18-24-13-6-2-3-7-15(13)28-18/h2-10,14H,1H3,(H,23,24,25). The van der Waals surface area contributed by atoms with E-state index in [0.29, 0.717) is 22.7 Å². The number of anilines is 2. The number of aromatic nitrogens is 4. The molecule has 10 heteroatoms. The number of oxazole rings is 1. The van der Waals surface area contributed by atoms with Gasteiger partial charge in [-0.25, -0.2) is 9.98 Å². The van der Waals surface area contributed by atoms with Crippen LogP contribution in [-0.4, -0.2) is 26.1 Å². The van der Waals surface area contributed by atoms with Crippen molar-refractivity contribution < 1.29 is 4.42 Å². The first kappa shape index (κ1) is 18.0. The monoisotopic (exact) mass is 467 g/mol. The predicted octanol–water partition coefficient (Wildman–Crippen LogP) is 4.77. The number of hydrogen-bond acceptors (Lipinski definition) is 9. The molecular weight excluding hydrogens is 454 g/mol. The fourth-order valence-electron chi connectivity index (χ4n) is 3.09. The van der Waals surface area contributed by atoms with Gasteiger partial charge in [-0.05, 0) is 47.1 Å². The molecule has 4 aromatic rings. The lowest BCUT2D eigenvalue weighted by Crippen LogP contribution is -2.38. The van der Waals surface area contributed by atoms with Gasteiger partial charge in [0.05, 0.1) is 0 Å². The number of rotatable bonds is 3. The highest BCUT2D eigenvalue weighted by atomic mass is 79.9. The van der Waals surface area contributed by atoms with E-state index in [9.17, 15) is 0 Å². The van der Waals surface area contributed by atoms with E-state index in [4.69, 9.17) is 9.41 Å². The number of nitrogens with zero attached hydrogens (tertiary/aromatic N) is 6. The zero-order chi connectivity index (χ0) is 19.8. The van der Waals surface area contributed by atoms with Crippen LogP contribution in [0.15, 0.2) is 73.9 Å². The van der Waals surface area contributed by atoms with Gasteiger partial charge in [-0.1, -0.05) is 29.5 Å². The highest BCUT2D eigenvalue weighted by Gasteiger charge is 2.28. The summed E-state index contributed by atoms with van der Waals surface area (Å²) < 4.78 is 6.59. The second-order valence-electron chi connectivity index (χ2n) is 6.26. The van der Waals surface area contributed by atoms with Gasteiger partial charge in [-0.15, -0.1) is 10.2 Å². The van der Waals surface area contributed by atoms with E-state index in [0.717, 1.165) is 21.4 Å². The average molecular weight is 468 g/mol. The van der Waals surface area contributed by atoms with Crippen molar-refractivity contribution in [1.82, 2.24) is 20.2 Å². The van der Waals surface area contributed by atoms with Crippen molar-refractivity contribution in [2.24, 2.45) is 4.99 Å². The number of nitrogens with one attached hydrogen (secondary N) is 1. The molecule has 4 heterocycles. The molecule has 0 amide bonds. The maximum atomic E-state index is 5.83. The number of guanidine groups is 1. The third kappa shape index (κ3) is 3.40. The number of allylic oxidation sites excluding steroid dienone is 1. The number of hydrogen-bond donors (Lipinski definition) is 1. The molecule has 3 aromatic heterocycles. The molecule has 1 atom stereocenters. The van der Waals surface area contributed by atoms with Crippen LogP contribution in [0, 0.1) is 0 Å². The normalized spacial score (nSPS) is 16.6. The van der Waals surface area contributed by atoms with Gasteiger partial charge in [0.2, 0.25) is 11.1 Å². The number of fused-ring (bicyclic) bond motifs is 1. The molecule has 1 aliphatic rings. The Morgan fingerprint density at radius 3 is 2.90 bits per heavy atom. The van der Waals surface area contributed by atoms with Gasteiger partial charge in [-0.3, -0.25) is 10.2 Å². The summed E-state index contributed by atoms with van der Waals surface area (Å²) in [5.74, 6) is 0.550. The second-order valence-corrected chi connectivity index (χ2v) is 7.82. The Kier molecular flexibility index (Phi) is 4.57. The molecule has 1 aliphatic heterocycles. The van der Waals surface area contributed by atoms with Crippen LogP contribution in [0.2, 0.25) is 0 Å². The zero-order valence-corrected chi connectivity index (χ0v) is 17.6. The Bertz CT molecular complexity index is 1200. The van der Waals surface area contributed by atoms with E-state index in [1.54, 1.807) is 11.7 Å². The zero-order valence-electron chi connectivity index (χ0n) is 15.2. The molecule has 0 saturated heterocycles. The average Bonchev–Trinajstić information content (AvgIpc) is 3.37. The predicted molar refractivity (Wildman–Crippen MR) is 116 cm³/mol. The van der Waals surface area contributed by atoms with E-state index in [2.05, 4.69) is 47.5 Å². The van der Waals surface area contributed by atoms with E-state index in [1.165, 1.54) is 11.3 Å². The first-order chi connectivity index (χ1) is 14.2. The summed E-state index contributed by atoms with van der Waals surface area (Å²) in [4.78, 5) is 15.6. The molecule has 144 valence electrons. The van der Waals surface area contributed by atoms with Crippen molar-refractivity contribution in [2.45, 2.75) is 13.0 Å². The van der Waals surface area contributed by atoms with Crippen LogP contribution < -0.4 is 10.2 Å². The second kappa shape index (κ2) is 7.37. The van der Waals surface area contributed by atoms with Gasteiger partial charge in [0.25, 0.3) is 0 Å². The van der Waals surface area contributed by atoms with Crippen LogP contribution in [0.3, 0.4) is 0 Å². The third-order valence-corrected chi connectivity index (χ3v) is 5.72. The van der Waals surface area contributed by atoms with Gasteiger partial charge in [-0.2, -0.15) is 4.98 Å². The number of aliphatic imine (C=N–C) groups is 1. The number of benzene rings is 1. The van der Waals surface area contributed by atoms with Crippen molar-refractivity contribution in [3.8, 4) is 0 Å². The summed E-state index contributed by atoms with van der Waals surface area (Å²) in [7, 11) is 0.